The first kappa shape index (κ1) is 14.9. The number of alkyl carbamates (subject to hydrolysis) is 1. The van der Waals surface area contributed by atoms with Crippen LogP contribution in [0.3, 0.4) is 0 Å². The number of carbonyl (C=O) groups excluding carboxylic acids is 2. The van der Waals surface area contributed by atoms with Crippen molar-refractivity contribution in [2.45, 2.75) is 12.3 Å². The fraction of sp³-hybridized carbons (Fsp3) is 0.308. The number of β-lactam (4-membered cyclic amide) rings is 1. The van der Waals surface area contributed by atoms with Crippen molar-refractivity contribution in [3.8, 4) is 0 Å². The first-order valence-corrected chi connectivity index (χ1v) is 6.74. The number of nitrogens with zero attached hydrogens (tertiary/aromatic N) is 4. The van der Waals surface area contributed by atoms with Gasteiger partial charge in [0.05, 0.1) is 6.54 Å². The molecule has 2 aromatic rings. The van der Waals surface area contributed by atoms with Crippen LogP contribution in [-0.2, 0) is 20.9 Å². The third-order valence-corrected chi connectivity index (χ3v) is 3.41. The first-order chi connectivity index (χ1) is 11.1. The molecule has 2 heterocycles. The Morgan fingerprint density at radius 1 is 1.43 bits per heavy atom. The molecule has 23 heavy (non-hydrogen) atoms. The smallest absolute Gasteiger partial charge is 0.410 e. The zero-order chi connectivity index (χ0) is 16.3. The molecule has 10 heteroatoms. The Bertz CT molecular complexity index is 692. The zero-order valence-corrected chi connectivity index (χ0v) is 12.2. The fourth-order valence-electron chi connectivity index (χ4n) is 2.14. The molecule has 10 nitrogen and oxygen atoms in total. The van der Waals surface area contributed by atoms with Gasteiger partial charge in [0.2, 0.25) is 5.72 Å². The Morgan fingerprint density at radius 3 is 2.83 bits per heavy atom. The number of anilines is 1. The number of hydrogen-bond acceptors (Lipinski definition) is 7. The lowest BCUT2D eigenvalue weighted by Crippen LogP contribution is -2.75. The highest BCUT2D eigenvalue weighted by Gasteiger charge is 2.56. The Hall–Kier alpha value is -3.01. The monoisotopic (exact) mass is 318 g/mol. The number of benzene rings is 1. The van der Waals surface area contributed by atoms with Crippen LogP contribution in [0.25, 0.3) is 0 Å². The van der Waals surface area contributed by atoms with E-state index in [4.69, 9.17) is 9.47 Å². The normalized spacial score (nSPS) is 20.0. The molecule has 1 saturated heterocycles. The van der Waals surface area contributed by atoms with Gasteiger partial charge in [-0.1, -0.05) is 35.4 Å². The second kappa shape index (κ2) is 6.01. The minimum Gasteiger partial charge on any atom is -0.445 e. The van der Waals surface area contributed by atoms with Crippen molar-refractivity contribution in [1.82, 2.24) is 25.9 Å². The molecule has 2 amide bonds. The molecule has 1 atom stereocenters. The molecule has 1 aliphatic rings. The van der Waals surface area contributed by atoms with E-state index in [1.165, 1.54) is 12.0 Å². The Morgan fingerprint density at radius 2 is 2.22 bits per heavy atom. The van der Waals surface area contributed by atoms with E-state index >= 15 is 0 Å². The van der Waals surface area contributed by atoms with Gasteiger partial charge in [0, 0.05) is 7.11 Å². The van der Waals surface area contributed by atoms with Crippen molar-refractivity contribution in [3.63, 3.8) is 0 Å². The number of nitrogens with one attached hydrogen (secondary N) is 2. The van der Waals surface area contributed by atoms with E-state index in [-0.39, 0.29) is 19.1 Å². The van der Waals surface area contributed by atoms with Gasteiger partial charge < -0.3 is 9.47 Å². The maximum absolute atomic E-state index is 12.2. The van der Waals surface area contributed by atoms with Crippen LogP contribution >= 0.6 is 0 Å². The van der Waals surface area contributed by atoms with Crippen molar-refractivity contribution < 1.29 is 19.1 Å². The molecule has 1 unspecified atom stereocenters. The number of aromatic nitrogens is 4. The number of ether oxygens (including phenoxy) is 2. The van der Waals surface area contributed by atoms with Crippen LogP contribution in [0.15, 0.2) is 30.3 Å². The molecule has 3 rings (SSSR count). The average Bonchev–Trinajstić information content (AvgIpc) is 3.10. The summed E-state index contributed by atoms with van der Waals surface area (Å²) in [4.78, 5) is 25.3. The van der Waals surface area contributed by atoms with Crippen molar-refractivity contribution in [2.75, 3.05) is 18.6 Å². The second-order valence-corrected chi connectivity index (χ2v) is 4.82. The van der Waals surface area contributed by atoms with Crippen LogP contribution in [0, 0.1) is 0 Å². The van der Waals surface area contributed by atoms with Crippen LogP contribution in [0.2, 0.25) is 0 Å². The van der Waals surface area contributed by atoms with E-state index in [1.54, 1.807) is 0 Å². The molecular formula is C13H14N6O4. The SMILES string of the molecule is COC1(NC(=O)OCc2ccccc2)CN(c2nn[nH]n2)C1=O. The number of rotatable bonds is 5. The fourth-order valence-corrected chi connectivity index (χ4v) is 2.14. The summed E-state index contributed by atoms with van der Waals surface area (Å²) in [6.07, 6.45) is -0.753. The van der Waals surface area contributed by atoms with Crippen LogP contribution in [0.5, 0.6) is 0 Å². The van der Waals surface area contributed by atoms with Crippen LogP contribution in [-0.4, -0.2) is 52.0 Å². The molecule has 1 aromatic heterocycles. The molecule has 1 aromatic carbocycles. The summed E-state index contributed by atoms with van der Waals surface area (Å²) in [7, 11) is 1.32. The number of aromatic amines is 1. The predicted molar refractivity (Wildman–Crippen MR) is 76.0 cm³/mol. The lowest BCUT2D eigenvalue weighted by Gasteiger charge is -2.44. The van der Waals surface area contributed by atoms with E-state index in [0.29, 0.717) is 0 Å². The number of carbonyl (C=O) groups is 2. The second-order valence-electron chi connectivity index (χ2n) is 4.82. The van der Waals surface area contributed by atoms with Crippen LogP contribution in [0.1, 0.15) is 5.56 Å². The van der Waals surface area contributed by atoms with E-state index in [0.717, 1.165) is 5.56 Å². The minimum absolute atomic E-state index is 0.0578. The quantitative estimate of drug-likeness (QED) is 0.579. The molecule has 0 bridgehead atoms. The summed E-state index contributed by atoms with van der Waals surface area (Å²) in [6.45, 7) is 0.150. The van der Waals surface area contributed by atoms with E-state index in [2.05, 4.69) is 25.9 Å². The molecule has 0 radical (unpaired) electrons. The largest absolute Gasteiger partial charge is 0.445 e. The predicted octanol–water partition coefficient (Wildman–Crippen LogP) is -0.185. The molecule has 1 fully saturated rings. The molecule has 0 saturated carbocycles. The summed E-state index contributed by atoms with van der Waals surface area (Å²) < 4.78 is 10.2. The van der Waals surface area contributed by atoms with Gasteiger partial charge >= 0.3 is 6.09 Å². The van der Waals surface area contributed by atoms with Gasteiger partial charge in [-0.3, -0.25) is 15.0 Å². The van der Waals surface area contributed by atoms with E-state index in [1.807, 2.05) is 30.3 Å². The summed E-state index contributed by atoms with van der Waals surface area (Å²) >= 11 is 0. The van der Waals surface area contributed by atoms with Gasteiger partial charge in [-0.15, -0.1) is 5.10 Å². The van der Waals surface area contributed by atoms with Crippen molar-refractivity contribution in [2.24, 2.45) is 0 Å². The Kier molecular flexibility index (Phi) is 3.89. The molecule has 0 aliphatic carbocycles. The van der Waals surface area contributed by atoms with Gasteiger partial charge in [0.1, 0.15) is 6.61 Å². The van der Waals surface area contributed by atoms with Gasteiger partial charge in [0.15, 0.2) is 0 Å². The summed E-state index contributed by atoms with van der Waals surface area (Å²) in [6, 6.07) is 9.19. The average molecular weight is 318 g/mol. The lowest BCUT2D eigenvalue weighted by atomic mass is 10.0. The minimum atomic E-state index is -1.48. The third-order valence-electron chi connectivity index (χ3n) is 3.41. The zero-order valence-electron chi connectivity index (χ0n) is 12.2. The molecule has 0 spiro atoms. The number of methoxy groups -OCH3 is 1. The molecule has 120 valence electrons. The summed E-state index contributed by atoms with van der Waals surface area (Å²) in [5.41, 5.74) is -0.642. The van der Waals surface area contributed by atoms with Gasteiger partial charge in [-0.2, -0.15) is 5.21 Å². The molecular weight excluding hydrogens is 304 g/mol. The number of tetrazole rings is 1. The van der Waals surface area contributed by atoms with Gasteiger partial charge in [-0.25, -0.2) is 4.79 Å². The van der Waals surface area contributed by atoms with Crippen LogP contribution < -0.4 is 10.2 Å². The van der Waals surface area contributed by atoms with Crippen molar-refractivity contribution >= 4 is 17.9 Å². The first-order valence-electron chi connectivity index (χ1n) is 6.74. The third kappa shape index (κ3) is 2.83. The number of amides is 2. The number of H-pyrrole nitrogens is 1. The van der Waals surface area contributed by atoms with E-state index < -0.39 is 17.7 Å². The van der Waals surface area contributed by atoms with Crippen molar-refractivity contribution in [1.29, 1.82) is 0 Å². The highest BCUT2D eigenvalue weighted by molar-refractivity contribution is 6.06. The highest BCUT2D eigenvalue weighted by atomic mass is 16.6. The Balaban J connectivity index is 1.57. The lowest BCUT2D eigenvalue weighted by molar-refractivity contribution is -0.154. The maximum Gasteiger partial charge on any atom is 0.410 e. The maximum atomic E-state index is 12.2. The number of hydrogen-bond donors (Lipinski definition) is 2. The summed E-state index contributed by atoms with van der Waals surface area (Å²) in [5.74, 6) is -0.389. The van der Waals surface area contributed by atoms with Crippen LogP contribution in [0.4, 0.5) is 10.7 Å². The topological polar surface area (TPSA) is 122 Å². The molecule has 1 aliphatic heterocycles. The standard InChI is InChI=1S/C13H14N6O4/c1-22-13(8-19(10(13)20)11-15-17-18-16-11)14-12(21)23-7-9-5-3-2-4-6-9/h2-6H,7-8H2,1H3,(H,14,21)(H,15,16,17,18). The highest BCUT2D eigenvalue weighted by Crippen LogP contribution is 2.27. The summed E-state index contributed by atoms with van der Waals surface area (Å²) in [5, 5.41) is 15.5. The Labute approximate surface area is 130 Å². The van der Waals surface area contributed by atoms with Gasteiger partial charge in [-0.05, 0) is 10.8 Å². The molecule has 2 N–H and O–H groups in total. The van der Waals surface area contributed by atoms with E-state index in [9.17, 15) is 9.59 Å². The van der Waals surface area contributed by atoms with Crippen molar-refractivity contribution in [3.05, 3.63) is 35.9 Å². The van der Waals surface area contributed by atoms with Gasteiger partial charge in [0.25, 0.3) is 11.9 Å².